The van der Waals surface area contributed by atoms with E-state index in [-0.39, 0.29) is 11.5 Å². The monoisotopic (exact) mass is 428 g/mol. The van der Waals surface area contributed by atoms with E-state index in [1.165, 1.54) is 0 Å². The van der Waals surface area contributed by atoms with Crippen LogP contribution in [0.3, 0.4) is 0 Å². The third-order valence-corrected chi connectivity index (χ3v) is 6.06. The molecular weight excluding hydrogens is 404 g/mol. The van der Waals surface area contributed by atoms with Gasteiger partial charge < -0.3 is 9.88 Å². The molecule has 0 bridgehead atoms. The van der Waals surface area contributed by atoms with Crippen LogP contribution in [-0.4, -0.2) is 48.4 Å². The van der Waals surface area contributed by atoms with Crippen LogP contribution in [0.1, 0.15) is 29.0 Å². The molecule has 8 nitrogen and oxygen atoms in total. The van der Waals surface area contributed by atoms with E-state index in [0.29, 0.717) is 36.8 Å². The van der Waals surface area contributed by atoms with E-state index in [0.717, 1.165) is 35.3 Å². The summed E-state index contributed by atoms with van der Waals surface area (Å²) >= 11 is 0. The molecule has 162 valence electrons. The second-order valence-electron chi connectivity index (χ2n) is 8.29. The van der Waals surface area contributed by atoms with Crippen molar-refractivity contribution in [2.75, 3.05) is 13.1 Å². The summed E-state index contributed by atoms with van der Waals surface area (Å²) in [4.78, 5) is 43.5. The number of fused-ring (bicyclic) bond motifs is 1. The lowest BCUT2D eigenvalue weighted by atomic mass is 9.96. The number of amides is 1. The van der Waals surface area contributed by atoms with E-state index in [1.807, 2.05) is 42.2 Å². The van der Waals surface area contributed by atoms with Gasteiger partial charge in [-0.2, -0.15) is 0 Å². The van der Waals surface area contributed by atoms with Gasteiger partial charge in [0, 0.05) is 49.2 Å². The molecule has 4 heterocycles. The van der Waals surface area contributed by atoms with E-state index in [9.17, 15) is 9.59 Å². The van der Waals surface area contributed by atoms with Crippen molar-refractivity contribution in [2.45, 2.75) is 26.3 Å². The second-order valence-corrected chi connectivity index (χ2v) is 8.29. The maximum absolute atomic E-state index is 13.0. The zero-order valence-corrected chi connectivity index (χ0v) is 17.9. The van der Waals surface area contributed by atoms with E-state index in [1.54, 1.807) is 29.4 Å². The van der Waals surface area contributed by atoms with Crippen molar-refractivity contribution in [3.63, 3.8) is 0 Å². The molecule has 0 radical (unpaired) electrons. The largest absolute Gasteiger partial charge is 0.342 e. The average Bonchev–Trinajstić information content (AvgIpc) is 3.20. The SMILES string of the molecule is Cc1nc2ccc(C(=O)N3CCC(Cn4cnc(-c5ccncc5)cc4=O)CC3)cc2[nH]1. The fourth-order valence-corrected chi connectivity index (χ4v) is 4.29. The van der Waals surface area contributed by atoms with Gasteiger partial charge in [-0.25, -0.2) is 9.97 Å². The van der Waals surface area contributed by atoms with Gasteiger partial charge in [-0.3, -0.25) is 19.1 Å². The maximum atomic E-state index is 13.0. The number of likely N-dealkylation sites (tertiary alicyclic amines) is 1. The van der Waals surface area contributed by atoms with Gasteiger partial charge >= 0.3 is 0 Å². The highest BCUT2D eigenvalue weighted by Gasteiger charge is 2.24. The molecule has 5 rings (SSSR count). The van der Waals surface area contributed by atoms with Crippen LogP contribution in [0.4, 0.5) is 0 Å². The number of carbonyl (C=O) groups is 1. The standard InChI is InChI=1S/C24H24N6O2/c1-16-27-20-3-2-19(12-22(20)28-16)24(32)29-10-6-17(7-11-29)14-30-15-26-21(13-23(30)31)18-4-8-25-9-5-18/h2-5,8-9,12-13,15,17H,6-7,10-11,14H2,1H3,(H,27,28). The van der Waals surface area contributed by atoms with Gasteiger partial charge in [-0.05, 0) is 56.0 Å². The molecular formula is C24H24N6O2. The number of hydrogen-bond acceptors (Lipinski definition) is 5. The third kappa shape index (κ3) is 4.03. The number of hydrogen-bond donors (Lipinski definition) is 1. The summed E-state index contributed by atoms with van der Waals surface area (Å²) in [7, 11) is 0. The Bertz CT molecular complexity index is 1320. The fraction of sp³-hybridized carbons (Fsp3) is 0.292. The highest BCUT2D eigenvalue weighted by Crippen LogP contribution is 2.22. The Morgan fingerprint density at radius 1 is 1.12 bits per heavy atom. The lowest BCUT2D eigenvalue weighted by molar-refractivity contribution is 0.0682. The molecule has 1 saturated heterocycles. The number of nitrogens with one attached hydrogen (secondary N) is 1. The number of aromatic amines is 1. The summed E-state index contributed by atoms with van der Waals surface area (Å²) in [5, 5.41) is 0. The summed E-state index contributed by atoms with van der Waals surface area (Å²) in [6, 6.07) is 10.8. The van der Waals surface area contributed by atoms with Gasteiger partial charge in [0.25, 0.3) is 11.5 Å². The summed E-state index contributed by atoms with van der Waals surface area (Å²) in [5.74, 6) is 1.21. The summed E-state index contributed by atoms with van der Waals surface area (Å²) in [5.41, 5.74) is 3.88. The predicted molar refractivity (Wildman–Crippen MR) is 121 cm³/mol. The number of rotatable bonds is 4. The van der Waals surface area contributed by atoms with E-state index in [4.69, 9.17) is 0 Å². The van der Waals surface area contributed by atoms with Crippen molar-refractivity contribution in [1.29, 1.82) is 0 Å². The first-order valence-electron chi connectivity index (χ1n) is 10.8. The number of aryl methyl sites for hydroxylation is 1. The predicted octanol–water partition coefficient (Wildman–Crippen LogP) is 3.04. The Balaban J connectivity index is 1.22. The minimum absolute atomic E-state index is 0.0399. The first-order valence-corrected chi connectivity index (χ1v) is 10.8. The molecule has 0 atom stereocenters. The molecule has 1 fully saturated rings. The smallest absolute Gasteiger partial charge is 0.253 e. The van der Waals surface area contributed by atoms with Crippen molar-refractivity contribution in [1.82, 2.24) is 29.4 Å². The van der Waals surface area contributed by atoms with Crippen LogP contribution >= 0.6 is 0 Å². The van der Waals surface area contributed by atoms with Gasteiger partial charge in [-0.15, -0.1) is 0 Å². The summed E-state index contributed by atoms with van der Waals surface area (Å²) in [6.07, 6.45) is 6.71. The number of H-pyrrole nitrogens is 1. The maximum Gasteiger partial charge on any atom is 0.253 e. The Hall–Kier alpha value is -3.81. The Kier molecular flexibility index (Phi) is 5.26. The van der Waals surface area contributed by atoms with Gasteiger partial charge in [0.15, 0.2) is 0 Å². The Morgan fingerprint density at radius 3 is 2.66 bits per heavy atom. The Morgan fingerprint density at radius 2 is 1.91 bits per heavy atom. The summed E-state index contributed by atoms with van der Waals surface area (Å²) < 4.78 is 1.67. The molecule has 8 heteroatoms. The quantitative estimate of drug-likeness (QED) is 0.539. The number of piperidine rings is 1. The molecule has 4 aromatic rings. The molecule has 1 N–H and O–H groups in total. The minimum Gasteiger partial charge on any atom is -0.342 e. The zero-order valence-electron chi connectivity index (χ0n) is 17.9. The molecule has 0 saturated carbocycles. The van der Waals surface area contributed by atoms with E-state index < -0.39 is 0 Å². The van der Waals surface area contributed by atoms with Gasteiger partial charge in [-0.1, -0.05) is 0 Å². The van der Waals surface area contributed by atoms with Gasteiger partial charge in [0.05, 0.1) is 23.1 Å². The van der Waals surface area contributed by atoms with E-state index in [2.05, 4.69) is 19.9 Å². The second kappa shape index (κ2) is 8.37. The molecule has 1 aromatic carbocycles. The van der Waals surface area contributed by atoms with Crippen LogP contribution in [0, 0.1) is 12.8 Å². The highest BCUT2D eigenvalue weighted by atomic mass is 16.2. The molecule has 0 unspecified atom stereocenters. The van der Waals surface area contributed by atoms with Gasteiger partial charge in [0.2, 0.25) is 0 Å². The first kappa shape index (κ1) is 20.1. The van der Waals surface area contributed by atoms with Gasteiger partial charge in [0.1, 0.15) is 5.82 Å². The Labute approximate surface area is 185 Å². The minimum atomic E-state index is -0.0616. The van der Waals surface area contributed by atoms with Crippen LogP contribution in [0.2, 0.25) is 0 Å². The topological polar surface area (TPSA) is 96.8 Å². The molecule has 0 aliphatic carbocycles. The molecule has 1 aliphatic heterocycles. The van der Waals surface area contributed by atoms with Crippen molar-refractivity contribution < 1.29 is 4.79 Å². The van der Waals surface area contributed by atoms with Crippen molar-refractivity contribution in [3.8, 4) is 11.3 Å². The number of nitrogens with zero attached hydrogens (tertiary/aromatic N) is 5. The molecule has 1 aliphatic rings. The van der Waals surface area contributed by atoms with Crippen LogP contribution in [-0.2, 0) is 6.54 Å². The molecule has 0 spiro atoms. The summed E-state index contributed by atoms with van der Waals surface area (Å²) in [6.45, 7) is 3.88. The highest BCUT2D eigenvalue weighted by molar-refractivity contribution is 5.97. The number of imidazole rings is 1. The average molecular weight is 428 g/mol. The van der Waals surface area contributed by atoms with Crippen molar-refractivity contribution >= 4 is 16.9 Å². The molecule has 3 aromatic heterocycles. The normalized spacial score (nSPS) is 14.7. The zero-order chi connectivity index (χ0) is 22.1. The third-order valence-electron chi connectivity index (χ3n) is 6.06. The lowest BCUT2D eigenvalue weighted by Crippen LogP contribution is -2.40. The lowest BCUT2D eigenvalue weighted by Gasteiger charge is -2.32. The van der Waals surface area contributed by atoms with Crippen LogP contribution in [0.15, 0.2) is 59.9 Å². The number of carbonyl (C=O) groups excluding carboxylic acids is 1. The van der Waals surface area contributed by atoms with Crippen molar-refractivity contribution in [3.05, 3.63) is 76.9 Å². The van der Waals surface area contributed by atoms with Crippen LogP contribution in [0.25, 0.3) is 22.3 Å². The molecule has 32 heavy (non-hydrogen) atoms. The fourth-order valence-electron chi connectivity index (χ4n) is 4.29. The van der Waals surface area contributed by atoms with Crippen LogP contribution in [0.5, 0.6) is 0 Å². The first-order chi connectivity index (χ1) is 15.6. The number of aromatic nitrogens is 5. The van der Waals surface area contributed by atoms with E-state index >= 15 is 0 Å². The number of benzene rings is 1. The van der Waals surface area contributed by atoms with Crippen molar-refractivity contribution in [2.24, 2.45) is 5.92 Å². The number of pyridine rings is 1. The van der Waals surface area contributed by atoms with Crippen LogP contribution < -0.4 is 5.56 Å². The molecule has 1 amide bonds.